The SMILES string of the molecule is CC(C)(C)OC(=O)N1CC[C@@H](N=[N+]=[N-])C1. The van der Waals surface area contributed by atoms with Gasteiger partial charge in [-0.3, -0.25) is 0 Å². The van der Waals surface area contributed by atoms with E-state index in [1.54, 1.807) is 4.90 Å². The Bertz CT molecular complexity index is 291. The highest BCUT2D eigenvalue weighted by Gasteiger charge is 2.28. The molecule has 0 radical (unpaired) electrons. The van der Waals surface area contributed by atoms with Crippen LogP contribution in [0.1, 0.15) is 27.2 Å². The van der Waals surface area contributed by atoms with Crippen LogP contribution in [0.25, 0.3) is 10.4 Å². The molecule has 0 aromatic carbocycles. The molecular formula is C9H16N4O2. The standard InChI is InChI=1S/C9H16N4O2/c1-9(2,3)15-8(14)13-5-4-7(6-13)11-12-10/h7H,4-6H2,1-3H3/t7-/m1/s1. The number of hydrogen-bond donors (Lipinski definition) is 0. The molecule has 0 unspecified atom stereocenters. The maximum atomic E-state index is 11.6. The minimum atomic E-state index is -0.479. The Hall–Kier alpha value is -1.42. The van der Waals surface area contributed by atoms with Crippen molar-refractivity contribution >= 4 is 6.09 Å². The van der Waals surface area contributed by atoms with Gasteiger partial charge in [-0.15, -0.1) is 0 Å². The first-order valence-corrected chi connectivity index (χ1v) is 4.94. The summed E-state index contributed by atoms with van der Waals surface area (Å²) in [4.78, 5) is 15.9. The van der Waals surface area contributed by atoms with Gasteiger partial charge in [0.1, 0.15) is 5.60 Å². The number of hydrogen-bond acceptors (Lipinski definition) is 3. The number of nitrogens with zero attached hydrogens (tertiary/aromatic N) is 4. The third-order valence-corrected chi connectivity index (χ3v) is 2.03. The Morgan fingerprint density at radius 1 is 1.60 bits per heavy atom. The first-order valence-electron chi connectivity index (χ1n) is 4.94. The fourth-order valence-corrected chi connectivity index (χ4v) is 1.40. The first-order chi connectivity index (χ1) is 6.92. The van der Waals surface area contributed by atoms with Gasteiger partial charge in [0, 0.05) is 18.0 Å². The summed E-state index contributed by atoms with van der Waals surface area (Å²) in [5.74, 6) is 0. The van der Waals surface area contributed by atoms with E-state index >= 15 is 0 Å². The van der Waals surface area contributed by atoms with Crippen molar-refractivity contribution in [3.05, 3.63) is 10.4 Å². The zero-order chi connectivity index (χ0) is 11.5. The average Bonchev–Trinajstić information content (AvgIpc) is 2.50. The van der Waals surface area contributed by atoms with E-state index in [0.29, 0.717) is 19.5 Å². The Labute approximate surface area is 88.8 Å². The molecule has 0 aromatic rings. The molecular weight excluding hydrogens is 196 g/mol. The minimum absolute atomic E-state index is 0.109. The van der Waals surface area contributed by atoms with E-state index < -0.39 is 5.60 Å². The predicted octanol–water partition coefficient (Wildman–Crippen LogP) is 2.31. The molecule has 0 aliphatic carbocycles. The van der Waals surface area contributed by atoms with E-state index in [9.17, 15) is 4.79 Å². The molecule has 6 heteroatoms. The van der Waals surface area contributed by atoms with Crippen LogP contribution in [-0.4, -0.2) is 35.7 Å². The lowest BCUT2D eigenvalue weighted by Gasteiger charge is -2.24. The molecule has 0 spiro atoms. The molecule has 0 aromatic heterocycles. The second-order valence-corrected chi connectivity index (χ2v) is 4.57. The summed E-state index contributed by atoms with van der Waals surface area (Å²) in [6, 6.07) is -0.109. The highest BCUT2D eigenvalue weighted by molar-refractivity contribution is 5.68. The molecule has 1 heterocycles. The monoisotopic (exact) mass is 212 g/mol. The van der Waals surface area contributed by atoms with Crippen molar-refractivity contribution in [3.8, 4) is 0 Å². The van der Waals surface area contributed by atoms with Crippen molar-refractivity contribution in [2.75, 3.05) is 13.1 Å². The summed E-state index contributed by atoms with van der Waals surface area (Å²) < 4.78 is 5.20. The summed E-state index contributed by atoms with van der Waals surface area (Å²) >= 11 is 0. The highest BCUT2D eigenvalue weighted by atomic mass is 16.6. The van der Waals surface area contributed by atoms with Gasteiger partial charge in [-0.25, -0.2) is 4.79 Å². The maximum absolute atomic E-state index is 11.6. The summed E-state index contributed by atoms with van der Waals surface area (Å²) in [7, 11) is 0. The largest absolute Gasteiger partial charge is 0.444 e. The molecule has 1 fully saturated rings. The molecule has 1 atom stereocenters. The first kappa shape index (κ1) is 11.7. The number of azide groups is 1. The zero-order valence-electron chi connectivity index (χ0n) is 9.30. The van der Waals surface area contributed by atoms with Gasteiger partial charge in [-0.1, -0.05) is 5.11 Å². The second-order valence-electron chi connectivity index (χ2n) is 4.57. The van der Waals surface area contributed by atoms with E-state index in [-0.39, 0.29) is 12.1 Å². The summed E-state index contributed by atoms with van der Waals surface area (Å²) in [5.41, 5.74) is 7.78. The van der Waals surface area contributed by atoms with E-state index in [1.165, 1.54) is 0 Å². The Morgan fingerprint density at radius 2 is 2.27 bits per heavy atom. The lowest BCUT2D eigenvalue weighted by Crippen LogP contribution is -2.35. The Balaban J connectivity index is 2.47. The average molecular weight is 212 g/mol. The van der Waals surface area contributed by atoms with Crippen LogP contribution in [0, 0.1) is 0 Å². The van der Waals surface area contributed by atoms with Crippen LogP contribution in [-0.2, 0) is 4.74 Å². The van der Waals surface area contributed by atoms with Crippen molar-refractivity contribution < 1.29 is 9.53 Å². The normalized spacial score (nSPS) is 21.0. The van der Waals surface area contributed by atoms with Crippen LogP contribution in [0.15, 0.2) is 5.11 Å². The van der Waals surface area contributed by atoms with Crippen LogP contribution in [0.5, 0.6) is 0 Å². The zero-order valence-corrected chi connectivity index (χ0v) is 9.30. The molecule has 1 aliphatic heterocycles. The lowest BCUT2D eigenvalue weighted by molar-refractivity contribution is 0.0293. The van der Waals surface area contributed by atoms with Crippen molar-refractivity contribution in [1.82, 2.24) is 4.90 Å². The highest BCUT2D eigenvalue weighted by Crippen LogP contribution is 2.16. The van der Waals surface area contributed by atoms with Gasteiger partial charge in [0.05, 0.1) is 6.04 Å². The predicted molar refractivity (Wildman–Crippen MR) is 55.4 cm³/mol. The third-order valence-electron chi connectivity index (χ3n) is 2.03. The topological polar surface area (TPSA) is 78.3 Å². The quantitative estimate of drug-likeness (QED) is 0.380. The molecule has 1 saturated heterocycles. The van der Waals surface area contributed by atoms with Gasteiger partial charge in [0.25, 0.3) is 0 Å². The van der Waals surface area contributed by atoms with Crippen LogP contribution in [0.3, 0.4) is 0 Å². The third kappa shape index (κ3) is 3.67. The van der Waals surface area contributed by atoms with Crippen LogP contribution < -0.4 is 0 Å². The molecule has 1 amide bonds. The maximum Gasteiger partial charge on any atom is 0.410 e. The molecule has 1 rings (SSSR count). The van der Waals surface area contributed by atoms with Gasteiger partial charge in [0.2, 0.25) is 0 Å². The molecule has 0 N–H and O–H groups in total. The number of ether oxygens (including phenoxy) is 1. The summed E-state index contributed by atoms with van der Waals surface area (Å²) in [5, 5.41) is 3.58. The van der Waals surface area contributed by atoms with E-state index in [4.69, 9.17) is 10.3 Å². The fourth-order valence-electron chi connectivity index (χ4n) is 1.40. The van der Waals surface area contributed by atoms with Crippen LogP contribution in [0.4, 0.5) is 4.79 Å². The van der Waals surface area contributed by atoms with E-state index in [1.807, 2.05) is 20.8 Å². The number of rotatable bonds is 1. The molecule has 84 valence electrons. The van der Waals surface area contributed by atoms with Gasteiger partial charge in [0.15, 0.2) is 0 Å². The lowest BCUT2D eigenvalue weighted by atomic mass is 10.2. The minimum Gasteiger partial charge on any atom is -0.444 e. The second kappa shape index (κ2) is 4.40. The fraction of sp³-hybridized carbons (Fsp3) is 0.889. The molecule has 15 heavy (non-hydrogen) atoms. The number of amides is 1. The van der Waals surface area contributed by atoms with E-state index in [0.717, 1.165) is 0 Å². The molecule has 0 saturated carbocycles. The van der Waals surface area contributed by atoms with Crippen molar-refractivity contribution in [1.29, 1.82) is 0 Å². The molecule has 0 bridgehead atoms. The van der Waals surface area contributed by atoms with Crippen molar-refractivity contribution in [2.45, 2.75) is 38.8 Å². The van der Waals surface area contributed by atoms with E-state index in [2.05, 4.69) is 10.0 Å². The van der Waals surface area contributed by atoms with Crippen molar-refractivity contribution in [3.63, 3.8) is 0 Å². The van der Waals surface area contributed by atoms with Gasteiger partial charge < -0.3 is 9.64 Å². The van der Waals surface area contributed by atoms with Gasteiger partial charge in [-0.2, -0.15) is 0 Å². The Kier molecular flexibility index (Phi) is 3.42. The number of likely N-dealkylation sites (tertiary alicyclic amines) is 1. The smallest absolute Gasteiger partial charge is 0.410 e. The van der Waals surface area contributed by atoms with Gasteiger partial charge >= 0.3 is 6.09 Å². The number of carbonyl (C=O) groups excluding carboxylic acids is 1. The summed E-state index contributed by atoms with van der Waals surface area (Å²) in [6.45, 7) is 6.53. The van der Waals surface area contributed by atoms with Crippen LogP contribution >= 0.6 is 0 Å². The summed E-state index contributed by atoms with van der Waals surface area (Å²) in [6.07, 6.45) is 0.377. The van der Waals surface area contributed by atoms with Crippen LogP contribution in [0.2, 0.25) is 0 Å². The van der Waals surface area contributed by atoms with Crippen molar-refractivity contribution in [2.24, 2.45) is 5.11 Å². The molecule has 1 aliphatic rings. The Morgan fingerprint density at radius 3 is 2.80 bits per heavy atom. The molecule has 6 nitrogen and oxygen atoms in total. The number of carbonyl (C=O) groups is 1. The van der Waals surface area contributed by atoms with Gasteiger partial charge in [-0.05, 0) is 32.7 Å².